The maximum Gasteiger partial charge on any atom is 0.0562 e. The molecule has 6 heteroatoms. The number of aromatic nitrogens is 2. The van der Waals surface area contributed by atoms with Crippen LogP contribution in [0.5, 0.6) is 0 Å². The molecule has 5 N–H and O–H groups in total. The van der Waals surface area contributed by atoms with Crippen molar-refractivity contribution in [2.24, 2.45) is 0 Å². The van der Waals surface area contributed by atoms with E-state index in [-0.39, 0.29) is 6.61 Å². The van der Waals surface area contributed by atoms with Gasteiger partial charge in [0.1, 0.15) is 0 Å². The average Bonchev–Trinajstić information content (AvgIpc) is 3.21. The first-order valence-corrected chi connectivity index (χ1v) is 10.7. The zero-order valence-corrected chi connectivity index (χ0v) is 17.6. The third-order valence-corrected chi connectivity index (χ3v) is 5.21. The summed E-state index contributed by atoms with van der Waals surface area (Å²) in [6.45, 7) is 2.56. The van der Waals surface area contributed by atoms with E-state index in [1.165, 1.54) is 16.5 Å². The molecule has 6 nitrogen and oxygen atoms in total. The summed E-state index contributed by atoms with van der Waals surface area (Å²) in [6.07, 6.45) is 5.63. The Hall–Kier alpha value is -3.35. The molecule has 2 aromatic heterocycles. The van der Waals surface area contributed by atoms with Crippen LogP contribution in [-0.4, -0.2) is 34.8 Å². The van der Waals surface area contributed by atoms with Crippen LogP contribution in [0.1, 0.15) is 17.7 Å². The smallest absolute Gasteiger partial charge is 0.0562 e. The highest BCUT2D eigenvalue weighted by molar-refractivity contribution is 5.83. The second-order valence-electron chi connectivity index (χ2n) is 7.53. The van der Waals surface area contributed by atoms with Gasteiger partial charge in [-0.15, -0.1) is 0 Å². The summed E-state index contributed by atoms with van der Waals surface area (Å²) in [5.41, 5.74) is 6.64. The number of nitrogens with one attached hydrogen (secondary N) is 4. The Morgan fingerprint density at radius 1 is 0.903 bits per heavy atom. The molecule has 0 spiro atoms. The predicted molar refractivity (Wildman–Crippen MR) is 128 cm³/mol. The molecule has 31 heavy (non-hydrogen) atoms. The maximum atomic E-state index is 8.85. The molecule has 2 heterocycles. The molecule has 160 valence electrons. The van der Waals surface area contributed by atoms with Crippen molar-refractivity contribution in [3.8, 4) is 0 Å². The van der Waals surface area contributed by atoms with E-state index in [0.717, 1.165) is 48.7 Å². The number of aliphatic hydroxyl groups excluding tert-OH is 1. The molecule has 4 aromatic rings. The van der Waals surface area contributed by atoms with Gasteiger partial charge in [0.05, 0.1) is 5.69 Å². The standard InChI is InChI=1S/C25H29N5O/c31-15-3-12-26-18-23-16-22(11-14-28-23)30-21-8-6-20(7-9-21)27-13-10-19-17-29-25-5-2-1-4-24(19)25/h1-2,4-9,11,14,16-17,26-27,29,31H,3,10,12-13,15,18H2,(H,28,30). The molecule has 2 aromatic carbocycles. The summed E-state index contributed by atoms with van der Waals surface area (Å²) in [6, 6.07) is 20.8. The molecule has 0 radical (unpaired) electrons. The van der Waals surface area contributed by atoms with E-state index in [2.05, 4.69) is 80.6 Å². The maximum absolute atomic E-state index is 8.85. The van der Waals surface area contributed by atoms with E-state index in [1.807, 2.05) is 18.3 Å². The molecule has 0 unspecified atom stereocenters. The minimum atomic E-state index is 0.204. The first-order valence-electron chi connectivity index (χ1n) is 10.7. The Balaban J connectivity index is 1.27. The molecule has 0 aliphatic heterocycles. The molecule has 0 aliphatic rings. The quantitative estimate of drug-likeness (QED) is 0.234. The van der Waals surface area contributed by atoms with Gasteiger partial charge >= 0.3 is 0 Å². The fourth-order valence-corrected chi connectivity index (χ4v) is 3.59. The number of fused-ring (bicyclic) bond motifs is 1. The normalized spacial score (nSPS) is 11.0. The van der Waals surface area contributed by atoms with E-state index in [4.69, 9.17) is 5.11 Å². The number of hydrogen-bond donors (Lipinski definition) is 5. The number of para-hydroxylation sites is 1. The highest BCUT2D eigenvalue weighted by atomic mass is 16.3. The SMILES string of the molecule is OCCCNCc1cc(Nc2ccc(NCCc3c[nH]c4ccccc34)cc2)ccn1. The third kappa shape index (κ3) is 5.84. The second-order valence-corrected chi connectivity index (χ2v) is 7.53. The van der Waals surface area contributed by atoms with Crippen molar-refractivity contribution in [2.45, 2.75) is 19.4 Å². The Morgan fingerprint density at radius 3 is 2.61 bits per heavy atom. The molecule has 4 rings (SSSR count). The molecule has 0 bridgehead atoms. The number of pyridine rings is 1. The van der Waals surface area contributed by atoms with Gasteiger partial charge in [0.15, 0.2) is 0 Å². The van der Waals surface area contributed by atoms with Crippen molar-refractivity contribution >= 4 is 28.0 Å². The molecular formula is C25H29N5O. The van der Waals surface area contributed by atoms with Gasteiger partial charge in [-0.25, -0.2) is 0 Å². The minimum Gasteiger partial charge on any atom is -0.396 e. The molecule has 0 saturated carbocycles. The highest BCUT2D eigenvalue weighted by Gasteiger charge is 2.03. The fraction of sp³-hybridized carbons (Fsp3) is 0.240. The molecule has 0 atom stereocenters. The van der Waals surface area contributed by atoms with Crippen LogP contribution >= 0.6 is 0 Å². The molecular weight excluding hydrogens is 386 g/mol. The van der Waals surface area contributed by atoms with Crippen molar-refractivity contribution < 1.29 is 5.11 Å². The van der Waals surface area contributed by atoms with Crippen LogP contribution in [0.15, 0.2) is 73.1 Å². The van der Waals surface area contributed by atoms with Crippen LogP contribution in [0, 0.1) is 0 Å². The van der Waals surface area contributed by atoms with Gasteiger partial charge in [-0.2, -0.15) is 0 Å². The lowest BCUT2D eigenvalue weighted by Gasteiger charge is -2.10. The van der Waals surface area contributed by atoms with Crippen molar-refractivity contribution in [1.82, 2.24) is 15.3 Å². The second kappa shape index (κ2) is 10.6. The summed E-state index contributed by atoms with van der Waals surface area (Å²) < 4.78 is 0. The minimum absolute atomic E-state index is 0.204. The first-order chi connectivity index (χ1) is 15.3. The summed E-state index contributed by atoms with van der Waals surface area (Å²) in [4.78, 5) is 7.72. The average molecular weight is 416 g/mol. The Kier molecular flexibility index (Phi) is 7.16. The van der Waals surface area contributed by atoms with Crippen molar-refractivity contribution in [2.75, 3.05) is 30.3 Å². The number of aliphatic hydroxyl groups is 1. The number of hydrogen-bond acceptors (Lipinski definition) is 5. The number of benzene rings is 2. The van der Waals surface area contributed by atoms with E-state index in [9.17, 15) is 0 Å². The van der Waals surface area contributed by atoms with Crippen LogP contribution in [0.3, 0.4) is 0 Å². The van der Waals surface area contributed by atoms with E-state index in [0.29, 0.717) is 6.54 Å². The first kappa shape index (κ1) is 20.9. The Bertz CT molecular complexity index is 1090. The van der Waals surface area contributed by atoms with Gasteiger partial charge in [0.2, 0.25) is 0 Å². The lowest BCUT2D eigenvalue weighted by Crippen LogP contribution is -2.16. The molecule has 0 aliphatic carbocycles. The summed E-state index contributed by atoms with van der Waals surface area (Å²) in [5, 5.41) is 20.4. The Morgan fingerprint density at radius 2 is 1.74 bits per heavy atom. The molecule has 0 fully saturated rings. The number of anilines is 3. The molecule has 0 saturated heterocycles. The lowest BCUT2D eigenvalue weighted by molar-refractivity contribution is 0.286. The van der Waals surface area contributed by atoms with Gasteiger partial charge in [0.25, 0.3) is 0 Å². The number of aromatic amines is 1. The number of H-pyrrole nitrogens is 1. The van der Waals surface area contributed by atoms with E-state index >= 15 is 0 Å². The van der Waals surface area contributed by atoms with Gasteiger partial charge in [-0.3, -0.25) is 4.98 Å². The van der Waals surface area contributed by atoms with Gasteiger partial charge in [-0.1, -0.05) is 18.2 Å². The largest absolute Gasteiger partial charge is 0.396 e. The highest BCUT2D eigenvalue weighted by Crippen LogP contribution is 2.21. The van der Waals surface area contributed by atoms with Gasteiger partial charge in [-0.05, 0) is 67.4 Å². The van der Waals surface area contributed by atoms with E-state index < -0.39 is 0 Å². The van der Waals surface area contributed by atoms with Gasteiger partial charge in [0, 0.05) is 60.1 Å². The van der Waals surface area contributed by atoms with Crippen molar-refractivity contribution in [3.63, 3.8) is 0 Å². The van der Waals surface area contributed by atoms with Crippen LogP contribution in [0.2, 0.25) is 0 Å². The van der Waals surface area contributed by atoms with Crippen LogP contribution < -0.4 is 16.0 Å². The van der Waals surface area contributed by atoms with Crippen LogP contribution in [0.25, 0.3) is 10.9 Å². The summed E-state index contributed by atoms with van der Waals surface area (Å²) >= 11 is 0. The predicted octanol–water partition coefficient (Wildman–Crippen LogP) is 4.43. The van der Waals surface area contributed by atoms with Crippen molar-refractivity contribution in [3.05, 3.63) is 84.3 Å². The fourth-order valence-electron chi connectivity index (χ4n) is 3.59. The van der Waals surface area contributed by atoms with Crippen LogP contribution in [0.4, 0.5) is 17.1 Å². The van der Waals surface area contributed by atoms with Gasteiger partial charge < -0.3 is 26.0 Å². The zero-order chi connectivity index (χ0) is 21.3. The lowest BCUT2D eigenvalue weighted by atomic mass is 10.1. The van der Waals surface area contributed by atoms with Crippen LogP contribution in [-0.2, 0) is 13.0 Å². The monoisotopic (exact) mass is 415 g/mol. The number of nitrogens with zero attached hydrogens (tertiary/aromatic N) is 1. The Labute approximate surface area is 182 Å². The summed E-state index contributed by atoms with van der Waals surface area (Å²) in [5.74, 6) is 0. The zero-order valence-electron chi connectivity index (χ0n) is 17.6. The third-order valence-electron chi connectivity index (χ3n) is 5.21. The summed E-state index contributed by atoms with van der Waals surface area (Å²) in [7, 11) is 0. The van der Waals surface area contributed by atoms with E-state index in [1.54, 1.807) is 0 Å². The topological polar surface area (TPSA) is 85.0 Å². The number of rotatable bonds is 11. The van der Waals surface area contributed by atoms with Crippen molar-refractivity contribution in [1.29, 1.82) is 0 Å². The molecule has 0 amide bonds.